The number of ether oxygens (including phenoxy) is 2. The van der Waals surface area contributed by atoms with Crippen LogP contribution < -0.4 is 10.1 Å². The van der Waals surface area contributed by atoms with Crippen LogP contribution in [-0.2, 0) is 17.8 Å². The Morgan fingerprint density at radius 1 is 0.789 bits per heavy atom. The number of amides is 1. The second-order valence-corrected chi connectivity index (χ2v) is 9.05. The van der Waals surface area contributed by atoms with Crippen LogP contribution in [-0.4, -0.2) is 36.7 Å². The largest absolute Gasteiger partial charge is 0.490 e. The van der Waals surface area contributed by atoms with E-state index in [9.17, 15) is 9.59 Å². The molecule has 6 nitrogen and oxygen atoms in total. The van der Waals surface area contributed by atoms with Crippen molar-refractivity contribution in [2.24, 2.45) is 0 Å². The van der Waals surface area contributed by atoms with Gasteiger partial charge in [0, 0.05) is 11.6 Å². The Bertz CT molecular complexity index is 1360. The van der Waals surface area contributed by atoms with Crippen molar-refractivity contribution in [1.82, 2.24) is 5.32 Å². The summed E-state index contributed by atoms with van der Waals surface area (Å²) in [5, 5.41) is 12.4. The summed E-state index contributed by atoms with van der Waals surface area (Å²) in [5.41, 5.74) is 4.71. The van der Waals surface area contributed by atoms with Gasteiger partial charge in [-0.25, -0.2) is 4.79 Å². The second kappa shape index (κ2) is 13.4. The third kappa shape index (κ3) is 7.68. The van der Waals surface area contributed by atoms with E-state index in [1.807, 2.05) is 54.6 Å². The molecule has 7 heteroatoms. The number of hydrogen-bond acceptors (Lipinski definition) is 4. The van der Waals surface area contributed by atoms with Gasteiger partial charge in [0.1, 0.15) is 12.4 Å². The van der Waals surface area contributed by atoms with E-state index in [-0.39, 0.29) is 11.5 Å². The molecule has 0 fully saturated rings. The van der Waals surface area contributed by atoms with E-state index < -0.39 is 5.97 Å². The first-order valence-electron chi connectivity index (χ1n) is 12.2. The fraction of sp³-hybridized carbons (Fsp3) is 0.161. The zero-order valence-corrected chi connectivity index (χ0v) is 21.5. The molecule has 4 aromatic carbocycles. The number of carbonyl (C=O) groups excluding carboxylic acids is 1. The van der Waals surface area contributed by atoms with Gasteiger partial charge < -0.3 is 19.9 Å². The maximum absolute atomic E-state index is 12.9. The van der Waals surface area contributed by atoms with E-state index in [0.29, 0.717) is 49.1 Å². The highest BCUT2D eigenvalue weighted by molar-refractivity contribution is 6.31. The number of aromatic carboxylic acids is 1. The number of carbonyl (C=O) groups is 2. The standard InChI is InChI=1S/C31H28ClNO5/c32-27-14-15-29(38-19-18-37-21-23-4-2-1-3-5-23)28(20-27)30(34)33-17-16-22-6-8-24(9-7-22)25-10-12-26(13-11-25)31(35)36/h1-15,20H,16-19,21H2,(H,33,34)(H,35,36). The molecule has 0 heterocycles. The molecule has 2 N–H and O–H groups in total. The maximum Gasteiger partial charge on any atom is 0.335 e. The molecule has 194 valence electrons. The first-order chi connectivity index (χ1) is 18.5. The molecule has 0 saturated heterocycles. The summed E-state index contributed by atoms with van der Waals surface area (Å²) in [4.78, 5) is 23.9. The van der Waals surface area contributed by atoms with Crippen LogP contribution in [0, 0.1) is 0 Å². The zero-order valence-electron chi connectivity index (χ0n) is 20.7. The van der Waals surface area contributed by atoms with Crippen LogP contribution in [0.15, 0.2) is 97.1 Å². The quantitative estimate of drug-likeness (QED) is 0.211. The molecule has 0 aliphatic heterocycles. The molecule has 4 aromatic rings. The highest BCUT2D eigenvalue weighted by Gasteiger charge is 2.13. The number of carboxylic acids is 1. The minimum Gasteiger partial charge on any atom is -0.490 e. The number of benzene rings is 4. The Balaban J connectivity index is 1.26. The van der Waals surface area contributed by atoms with Gasteiger partial charge in [-0.2, -0.15) is 0 Å². The van der Waals surface area contributed by atoms with Gasteiger partial charge in [-0.3, -0.25) is 4.79 Å². The second-order valence-electron chi connectivity index (χ2n) is 8.61. The average Bonchev–Trinajstić information content (AvgIpc) is 2.94. The Morgan fingerprint density at radius 2 is 1.47 bits per heavy atom. The van der Waals surface area contributed by atoms with Gasteiger partial charge in [0.15, 0.2) is 0 Å². The minimum absolute atomic E-state index is 0.255. The molecule has 38 heavy (non-hydrogen) atoms. The summed E-state index contributed by atoms with van der Waals surface area (Å²) >= 11 is 6.14. The van der Waals surface area contributed by atoms with Crippen LogP contribution in [0.3, 0.4) is 0 Å². The van der Waals surface area contributed by atoms with E-state index >= 15 is 0 Å². The summed E-state index contributed by atoms with van der Waals surface area (Å²) in [6.07, 6.45) is 0.647. The van der Waals surface area contributed by atoms with E-state index in [2.05, 4.69) is 5.32 Å². The van der Waals surface area contributed by atoms with E-state index in [1.54, 1.807) is 42.5 Å². The predicted molar refractivity (Wildman–Crippen MR) is 148 cm³/mol. The van der Waals surface area contributed by atoms with E-state index in [1.165, 1.54) is 0 Å². The predicted octanol–water partition coefficient (Wildman–Crippen LogP) is 6.27. The summed E-state index contributed by atoms with van der Waals surface area (Å²) in [6, 6.07) is 29.6. The number of carboxylic acid groups (broad SMARTS) is 1. The Labute approximate surface area is 226 Å². The van der Waals surface area contributed by atoms with Gasteiger partial charge in [-0.15, -0.1) is 0 Å². The molecule has 0 unspecified atom stereocenters. The molecule has 0 aliphatic rings. The molecule has 0 aromatic heterocycles. The van der Waals surface area contributed by atoms with Crippen molar-refractivity contribution in [1.29, 1.82) is 0 Å². The molecule has 4 rings (SSSR count). The van der Waals surface area contributed by atoms with Crippen molar-refractivity contribution in [2.45, 2.75) is 13.0 Å². The van der Waals surface area contributed by atoms with Crippen molar-refractivity contribution in [3.63, 3.8) is 0 Å². The van der Waals surface area contributed by atoms with Crippen LogP contribution in [0.5, 0.6) is 5.75 Å². The molecule has 1 amide bonds. The van der Waals surface area contributed by atoms with Crippen LogP contribution >= 0.6 is 11.6 Å². The van der Waals surface area contributed by atoms with Crippen molar-refractivity contribution < 1.29 is 24.2 Å². The van der Waals surface area contributed by atoms with Gasteiger partial charge in [0.2, 0.25) is 0 Å². The Hall–Kier alpha value is -4.13. The number of rotatable bonds is 12. The topological polar surface area (TPSA) is 84.9 Å². The van der Waals surface area contributed by atoms with Crippen LogP contribution in [0.1, 0.15) is 31.8 Å². The third-order valence-electron chi connectivity index (χ3n) is 5.90. The zero-order chi connectivity index (χ0) is 26.7. The number of hydrogen-bond donors (Lipinski definition) is 2. The first kappa shape index (κ1) is 26.9. The summed E-state index contributed by atoms with van der Waals surface area (Å²) < 4.78 is 11.5. The SMILES string of the molecule is O=C(O)c1ccc(-c2ccc(CCNC(=O)c3cc(Cl)ccc3OCCOCc3ccccc3)cc2)cc1. The van der Waals surface area contributed by atoms with Crippen molar-refractivity contribution in [2.75, 3.05) is 19.8 Å². The normalized spacial score (nSPS) is 10.7. The lowest BCUT2D eigenvalue weighted by molar-refractivity contribution is 0.0696. The maximum atomic E-state index is 12.9. The van der Waals surface area contributed by atoms with Crippen molar-refractivity contribution in [3.8, 4) is 16.9 Å². The first-order valence-corrected chi connectivity index (χ1v) is 12.6. The monoisotopic (exact) mass is 529 g/mol. The van der Waals surface area contributed by atoms with Gasteiger partial charge in [-0.1, -0.05) is 78.3 Å². The van der Waals surface area contributed by atoms with E-state index in [0.717, 1.165) is 22.3 Å². The van der Waals surface area contributed by atoms with E-state index in [4.69, 9.17) is 26.2 Å². The molecular formula is C31H28ClNO5. The lowest BCUT2D eigenvalue weighted by Gasteiger charge is -2.13. The Morgan fingerprint density at radius 3 is 2.16 bits per heavy atom. The summed E-state index contributed by atoms with van der Waals surface area (Å²) in [7, 11) is 0. The lowest BCUT2D eigenvalue weighted by Crippen LogP contribution is -2.26. The fourth-order valence-corrected chi connectivity index (χ4v) is 4.04. The average molecular weight is 530 g/mol. The van der Waals surface area contributed by atoms with Crippen molar-refractivity contribution in [3.05, 3.63) is 124 Å². The molecule has 0 bridgehead atoms. The van der Waals surface area contributed by atoms with Crippen LogP contribution in [0.2, 0.25) is 5.02 Å². The smallest absolute Gasteiger partial charge is 0.335 e. The summed E-state index contributed by atoms with van der Waals surface area (Å²) in [6.45, 7) is 1.63. The molecule has 0 saturated carbocycles. The minimum atomic E-state index is -0.946. The van der Waals surface area contributed by atoms with Gasteiger partial charge in [-0.05, 0) is 59.0 Å². The Kier molecular flexibility index (Phi) is 9.51. The highest BCUT2D eigenvalue weighted by atomic mass is 35.5. The number of nitrogens with one attached hydrogen (secondary N) is 1. The summed E-state index contributed by atoms with van der Waals surface area (Å²) in [5.74, 6) is -0.755. The van der Waals surface area contributed by atoms with Crippen molar-refractivity contribution >= 4 is 23.5 Å². The highest BCUT2D eigenvalue weighted by Crippen LogP contribution is 2.23. The lowest BCUT2D eigenvalue weighted by atomic mass is 10.0. The van der Waals surface area contributed by atoms with Gasteiger partial charge in [0.05, 0.1) is 24.3 Å². The molecule has 0 atom stereocenters. The molecular weight excluding hydrogens is 502 g/mol. The fourth-order valence-electron chi connectivity index (χ4n) is 3.87. The third-order valence-corrected chi connectivity index (χ3v) is 6.14. The molecule has 0 radical (unpaired) electrons. The molecule has 0 aliphatic carbocycles. The number of halogens is 1. The van der Waals surface area contributed by atoms with Gasteiger partial charge >= 0.3 is 5.97 Å². The molecule has 0 spiro atoms. The van der Waals surface area contributed by atoms with Crippen LogP contribution in [0.4, 0.5) is 0 Å². The van der Waals surface area contributed by atoms with Crippen LogP contribution in [0.25, 0.3) is 11.1 Å². The van der Waals surface area contributed by atoms with Gasteiger partial charge in [0.25, 0.3) is 5.91 Å².